The molecule has 6 nitrogen and oxygen atoms in total. The molecule has 3 aromatic rings. The number of hydrogen-bond acceptors (Lipinski definition) is 4. The molecule has 0 aliphatic heterocycles. The highest BCUT2D eigenvalue weighted by atomic mass is 16.4. The summed E-state index contributed by atoms with van der Waals surface area (Å²) in [4.78, 5) is 18.2. The summed E-state index contributed by atoms with van der Waals surface area (Å²) in [5.41, 5.74) is 2.97. The zero-order valence-electron chi connectivity index (χ0n) is 11.3. The predicted molar refractivity (Wildman–Crippen MR) is 78.8 cm³/mol. The molecule has 0 bridgehead atoms. The molecule has 106 valence electrons. The first-order valence-corrected chi connectivity index (χ1v) is 6.34. The van der Waals surface area contributed by atoms with Crippen LogP contribution in [0, 0.1) is 0 Å². The summed E-state index contributed by atoms with van der Waals surface area (Å²) in [5, 5.41) is 11.7. The van der Waals surface area contributed by atoms with Gasteiger partial charge >= 0.3 is 5.97 Å². The van der Waals surface area contributed by atoms with Crippen LogP contribution in [0.25, 0.3) is 22.6 Å². The van der Waals surface area contributed by atoms with Gasteiger partial charge in [0.05, 0.1) is 17.3 Å². The van der Waals surface area contributed by atoms with Gasteiger partial charge in [0.1, 0.15) is 0 Å². The number of aliphatic carboxylic acids is 1. The van der Waals surface area contributed by atoms with E-state index in [4.69, 9.17) is 9.52 Å². The predicted octanol–water partition coefficient (Wildman–Crippen LogP) is 3.22. The minimum atomic E-state index is -0.985. The molecule has 0 radical (unpaired) electrons. The zero-order chi connectivity index (χ0) is 14.8. The van der Waals surface area contributed by atoms with Gasteiger partial charge in [0.2, 0.25) is 0 Å². The van der Waals surface area contributed by atoms with Gasteiger partial charge in [-0.1, -0.05) is 0 Å². The number of carbonyl (C=O) groups is 1. The molecule has 3 rings (SSSR count). The first kappa shape index (κ1) is 13.0. The lowest BCUT2D eigenvalue weighted by Gasteiger charge is -2.05. The Labute approximate surface area is 120 Å². The van der Waals surface area contributed by atoms with Crippen molar-refractivity contribution in [1.29, 1.82) is 0 Å². The van der Waals surface area contributed by atoms with Crippen molar-refractivity contribution in [2.75, 3.05) is 5.32 Å². The summed E-state index contributed by atoms with van der Waals surface area (Å²) in [6, 6.07) is 9.21. The number of carboxylic acid groups (broad SMARTS) is 1. The van der Waals surface area contributed by atoms with Crippen LogP contribution in [-0.2, 0) is 4.79 Å². The van der Waals surface area contributed by atoms with E-state index in [-0.39, 0.29) is 0 Å². The van der Waals surface area contributed by atoms with Crippen molar-refractivity contribution in [3.8, 4) is 11.6 Å². The summed E-state index contributed by atoms with van der Waals surface area (Å²) in [7, 11) is 0. The van der Waals surface area contributed by atoms with E-state index in [1.807, 2.05) is 24.3 Å². The molecule has 2 heterocycles. The number of hydrogen-bond donors (Lipinski definition) is 3. The van der Waals surface area contributed by atoms with Gasteiger partial charge in [0.15, 0.2) is 11.6 Å². The van der Waals surface area contributed by atoms with Gasteiger partial charge in [0, 0.05) is 17.5 Å². The average molecular weight is 283 g/mol. The van der Waals surface area contributed by atoms with Gasteiger partial charge in [-0.3, -0.25) is 0 Å². The summed E-state index contributed by atoms with van der Waals surface area (Å²) in [6.45, 7) is 1.69. The number of aromatic nitrogens is 2. The molecule has 0 saturated heterocycles. The third-order valence-corrected chi connectivity index (χ3v) is 2.92. The van der Waals surface area contributed by atoms with Crippen LogP contribution >= 0.6 is 0 Å². The monoisotopic (exact) mass is 283 g/mol. The van der Waals surface area contributed by atoms with Crippen molar-refractivity contribution in [2.24, 2.45) is 0 Å². The lowest BCUT2D eigenvalue weighted by atomic mass is 10.2. The highest BCUT2D eigenvalue weighted by molar-refractivity contribution is 5.84. The van der Waals surface area contributed by atoms with Crippen molar-refractivity contribution in [3.05, 3.63) is 48.4 Å². The topological polar surface area (TPSA) is 91.2 Å². The number of imidazole rings is 1. The summed E-state index contributed by atoms with van der Waals surface area (Å²) >= 11 is 0. The summed E-state index contributed by atoms with van der Waals surface area (Å²) < 4.78 is 5.30. The fourth-order valence-corrected chi connectivity index (χ4v) is 2.06. The van der Waals surface area contributed by atoms with Crippen LogP contribution in [0.2, 0.25) is 0 Å². The molecule has 0 unspecified atom stereocenters. The maximum atomic E-state index is 10.6. The second kappa shape index (κ2) is 5.16. The number of fused-ring (bicyclic) bond motifs is 1. The molecule has 0 saturated carbocycles. The normalized spacial score (nSPS) is 11.8. The number of anilines is 1. The second-order valence-electron chi connectivity index (χ2n) is 4.59. The quantitative estimate of drug-likeness (QED) is 0.639. The van der Waals surface area contributed by atoms with Crippen molar-refractivity contribution >= 4 is 22.7 Å². The van der Waals surface area contributed by atoms with Crippen molar-refractivity contribution in [2.45, 2.75) is 6.92 Å². The first-order chi connectivity index (χ1) is 10.1. The molecule has 0 atom stereocenters. The number of benzene rings is 1. The van der Waals surface area contributed by atoms with Gasteiger partial charge in [-0.05, 0) is 37.3 Å². The van der Waals surface area contributed by atoms with Gasteiger partial charge in [-0.15, -0.1) is 0 Å². The Hall–Kier alpha value is -3.02. The number of allylic oxidation sites excluding steroid dienone is 1. The van der Waals surface area contributed by atoms with Crippen LogP contribution < -0.4 is 5.32 Å². The Morgan fingerprint density at radius 1 is 1.43 bits per heavy atom. The Morgan fingerprint density at radius 2 is 2.29 bits per heavy atom. The highest BCUT2D eigenvalue weighted by Gasteiger charge is 2.08. The van der Waals surface area contributed by atoms with Crippen molar-refractivity contribution in [3.63, 3.8) is 0 Å². The molecule has 21 heavy (non-hydrogen) atoms. The first-order valence-electron chi connectivity index (χ1n) is 6.34. The fourth-order valence-electron chi connectivity index (χ4n) is 2.06. The van der Waals surface area contributed by atoms with Crippen LogP contribution in [0.3, 0.4) is 0 Å². The molecule has 0 aliphatic carbocycles. The van der Waals surface area contributed by atoms with E-state index in [2.05, 4.69) is 15.3 Å². The maximum absolute atomic E-state index is 10.6. The minimum absolute atomic E-state index is 0.545. The van der Waals surface area contributed by atoms with Gasteiger partial charge < -0.3 is 19.8 Å². The molecule has 0 spiro atoms. The molecule has 3 N–H and O–H groups in total. The number of aromatic amines is 1. The largest absolute Gasteiger partial charge is 0.478 e. The van der Waals surface area contributed by atoms with E-state index in [1.165, 1.54) is 0 Å². The number of carboxylic acids is 1. The standard InChI is InChI=1S/C15H13N3O3/c1-9(7-14(19)20)16-10-4-5-11-12(8-10)18-15(17-11)13-3-2-6-21-13/h2-8,16H,1H3,(H,17,18)(H,19,20)/b9-7-. The maximum Gasteiger partial charge on any atom is 0.330 e. The van der Waals surface area contributed by atoms with Gasteiger partial charge in [0.25, 0.3) is 0 Å². The fraction of sp³-hybridized carbons (Fsp3) is 0.0667. The SMILES string of the molecule is C/C(=C/C(=O)O)Nc1ccc2[nH]c(-c3ccco3)nc2c1. The van der Waals surface area contributed by atoms with Gasteiger partial charge in [-0.2, -0.15) is 0 Å². The Morgan fingerprint density at radius 3 is 3.00 bits per heavy atom. The zero-order valence-corrected chi connectivity index (χ0v) is 11.3. The average Bonchev–Trinajstić information content (AvgIpc) is 3.05. The highest BCUT2D eigenvalue weighted by Crippen LogP contribution is 2.23. The van der Waals surface area contributed by atoms with E-state index in [0.29, 0.717) is 17.3 Å². The molecule has 2 aromatic heterocycles. The van der Waals surface area contributed by atoms with Gasteiger partial charge in [-0.25, -0.2) is 9.78 Å². The molecule has 6 heteroatoms. The number of nitrogens with one attached hydrogen (secondary N) is 2. The smallest absolute Gasteiger partial charge is 0.330 e. The van der Waals surface area contributed by atoms with Crippen molar-refractivity contribution < 1.29 is 14.3 Å². The molecule has 0 amide bonds. The Bertz CT molecular complexity index is 816. The number of furan rings is 1. The van der Waals surface area contributed by atoms with Crippen LogP contribution in [0.4, 0.5) is 5.69 Å². The number of rotatable bonds is 4. The lowest BCUT2D eigenvalue weighted by molar-refractivity contribution is -0.131. The van der Waals surface area contributed by atoms with Crippen molar-refractivity contribution in [1.82, 2.24) is 9.97 Å². The van der Waals surface area contributed by atoms with Crippen LogP contribution in [0.5, 0.6) is 0 Å². The summed E-state index contributed by atoms with van der Waals surface area (Å²) in [5.74, 6) is 0.341. The Kier molecular flexibility index (Phi) is 3.19. The van der Waals surface area contributed by atoms with Crippen LogP contribution in [0.15, 0.2) is 52.8 Å². The van der Waals surface area contributed by atoms with E-state index >= 15 is 0 Å². The van der Waals surface area contributed by atoms with Crippen LogP contribution in [-0.4, -0.2) is 21.0 Å². The summed E-state index contributed by atoms with van der Waals surface area (Å²) in [6.07, 6.45) is 2.71. The van der Waals surface area contributed by atoms with E-state index in [9.17, 15) is 4.79 Å². The molecule has 1 aromatic carbocycles. The van der Waals surface area contributed by atoms with Crippen LogP contribution in [0.1, 0.15) is 6.92 Å². The van der Waals surface area contributed by atoms with E-state index in [0.717, 1.165) is 22.8 Å². The number of H-pyrrole nitrogens is 1. The second-order valence-corrected chi connectivity index (χ2v) is 4.59. The third kappa shape index (κ3) is 2.79. The van der Waals surface area contributed by atoms with E-state index in [1.54, 1.807) is 19.3 Å². The Balaban J connectivity index is 1.92. The lowest BCUT2D eigenvalue weighted by Crippen LogP contribution is -1.99. The van der Waals surface area contributed by atoms with E-state index < -0.39 is 5.97 Å². The molecule has 0 aliphatic rings. The molecular weight excluding hydrogens is 270 g/mol. The molecule has 0 fully saturated rings. The third-order valence-electron chi connectivity index (χ3n) is 2.92. The molecular formula is C15H13N3O3. The minimum Gasteiger partial charge on any atom is -0.478 e. The number of nitrogens with zero attached hydrogens (tertiary/aromatic N) is 1.